The third kappa shape index (κ3) is 2.92. The molecule has 2 atom stereocenters. The molecule has 2 aromatic rings. The molecule has 1 aromatic carbocycles. The molecule has 0 radical (unpaired) electrons. The Bertz CT molecular complexity index is 953. The number of aromatic nitrogens is 4. The van der Waals surface area contributed by atoms with Crippen LogP contribution in [0.1, 0.15) is 54.7 Å². The van der Waals surface area contributed by atoms with E-state index < -0.39 is 5.41 Å². The number of nitrogens with zero attached hydrogens (tertiary/aromatic N) is 4. The Kier molecular flexibility index (Phi) is 4.01. The van der Waals surface area contributed by atoms with Crippen LogP contribution in [-0.4, -0.2) is 39.2 Å². The van der Waals surface area contributed by atoms with Gasteiger partial charge in [-0.1, -0.05) is 0 Å². The third-order valence-corrected chi connectivity index (χ3v) is 7.01. The van der Waals surface area contributed by atoms with E-state index in [1.807, 2.05) is 6.92 Å². The number of esters is 1. The summed E-state index contributed by atoms with van der Waals surface area (Å²) in [6, 6.07) is 6.85. The minimum atomic E-state index is -0.396. The Morgan fingerprint density at radius 2 is 1.83 bits per heavy atom. The van der Waals surface area contributed by atoms with Crippen LogP contribution in [0.5, 0.6) is 0 Å². The molecule has 4 bridgehead atoms. The van der Waals surface area contributed by atoms with Gasteiger partial charge in [-0.05, 0) is 86.8 Å². The molecule has 1 aromatic heterocycles. The van der Waals surface area contributed by atoms with E-state index >= 15 is 0 Å². The van der Waals surface area contributed by atoms with E-state index in [0.717, 1.165) is 32.1 Å². The molecule has 6 rings (SSSR count). The number of tetrazole rings is 1. The number of benzene rings is 1. The van der Waals surface area contributed by atoms with E-state index in [9.17, 15) is 9.59 Å². The number of hydrogen-bond donors (Lipinski definition) is 1. The molecule has 0 aliphatic heterocycles. The summed E-state index contributed by atoms with van der Waals surface area (Å²) in [5.74, 6) is 1.40. The molecule has 152 valence electrons. The predicted molar refractivity (Wildman–Crippen MR) is 104 cm³/mol. The van der Waals surface area contributed by atoms with Gasteiger partial charge < -0.3 is 10.1 Å². The molecule has 1 heterocycles. The highest BCUT2D eigenvalue weighted by molar-refractivity contribution is 5.96. The summed E-state index contributed by atoms with van der Waals surface area (Å²) in [6.07, 6.45) is 5.85. The number of aryl methyl sites for hydroxylation is 1. The van der Waals surface area contributed by atoms with Crippen molar-refractivity contribution in [3.8, 4) is 0 Å². The molecule has 0 saturated heterocycles. The molecule has 0 spiro atoms. The zero-order valence-corrected chi connectivity index (χ0v) is 16.7. The van der Waals surface area contributed by atoms with Gasteiger partial charge in [0.25, 0.3) is 0 Å². The lowest BCUT2D eigenvalue weighted by atomic mass is 9.46. The van der Waals surface area contributed by atoms with Crippen molar-refractivity contribution in [1.29, 1.82) is 0 Å². The summed E-state index contributed by atoms with van der Waals surface area (Å²) in [5, 5.41) is 16.0. The highest BCUT2D eigenvalue weighted by Crippen LogP contribution is 2.64. The highest BCUT2D eigenvalue weighted by Gasteiger charge is 2.62. The fourth-order valence-electron chi connectivity index (χ4n) is 6.27. The van der Waals surface area contributed by atoms with Crippen molar-refractivity contribution >= 4 is 17.6 Å². The molecule has 1 amide bonds. The van der Waals surface area contributed by atoms with Crippen LogP contribution in [0.2, 0.25) is 0 Å². The van der Waals surface area contributed by atoms with Crippen LogP contribution in [0.3, 0.4) is 0 Å². The molecule has 4 aliphatic carbocycles. The number of anilines is 1. The second-order valence-corrected chi connectivity index (χ2v) is 9.11. The Hall–Kier alpha value is -2.77. The first-order chi connectivity index (χ1) is 13.9. The van der Waals surface area contributed by atoms with Crippen molar-refractivity contribution in [1.82, 2.24) is 20.2 Å². The summed E-state index contributed by atoms with van der Waals surface area (Å²) in [6.45, 7) is 1.85. The molecular formula is C21H25N5O3. The van der Waals surface area contributed by atoms with Crippen molar-refractivity contribution in [2.24, 2.45) is 17.3 Å². The molecule has 8 nitrogen and oxygen atoms in total. The summed E-state index contributed by atoms with van der Waals surface area (Å²) in [7, 11) is 1.35. The Morgan fingerprint density at radius 3 is 2.41 bits per heavy atom. The molecule has 8 heteroatoms. The number of amides is 1. The van der Waals surface area contributed by atoms with Gasteiger partial charge >= 0.3 is 5.97 Å². The second kappa shape index (κ2) is 6.37. The van der Waals surface area contributed by atoms with Crippen molar-refractivity contribution in [3.05, 3.63) is 35.7 Å². The van der Waals surface area contributed by atoms with Crippen molar-refractivity contribution < 1.29 is 14.3 Å². The number of carbonyl (C=O) groups is 2. The van der Waals surface area contributed by atoms with Gasteiger partial charge in [-0.25, -0.2) is 4.79 Å². The van der Waals surface area contributed by atoms with Crippen molar-refractivity contribution in [2.45, 2.75) is 51.0 Å². The standard InChI is InChI=1S/C21H25N5O3/c1-13-23-25-26(24-13)21-10-14-7-15(11-21)9-20(8-14,12-21)19(28)22-17-5-3-16(4-6-17)18(27)29-2/h3-6,14-15H,7-12H2,1-2H3,(H,22,28)/t14-,15-,20?,21?/m0/s1. The van der Waals surface area contributed by atoms with Gasteiger partial charge in [0.15, 0.2) is 5.82 Å². The van der Waals surface area contributed by atoms with E-state index in [-0.39, 0.29) is 17.4 Å². The van der Waals surface area contributed by atoms with E-state index in [1.165, 1.54) is 13.5 Å². The fourth-order valence-corrected chi connectivity index (χ4v) is 6.27. The smallest absolute Gasteiger partial charge is 0.337 e. The van der Waals surface area contributed by atoms with Gasteiger partial charge in [0, 0.05) is 5.69 Å². The molecular weight excluding hydrogens is 370 g/mol. The largest absolute Gasteiger partial charge is 0.465 e. The van der Waals surface area contributed by atoms with Crippen LogP contribution in [0.4, 0.5) is 5.69 Å². The molecule has 1 N–H and O–H groups in total. The fraction of sp³-hybridized carbons (Fsp3) is 0.571. The quantitative estimate of drug-likeness (QED) is 0.799. The van der Waals surface area contributed by atoms with E-state index in [0.29, 0.717) is 28.9 Å². The summed E-state index contributed by atoms with van der Waals surface area (Å²) >= 11 is 0. The van der Waals surface area contributed by atoms with Crippen molar-refractivity contribution in [2.75, 3.05) is 12.4 Å². The van der Waals surface area contributed by atoms with Crippen LogP contribution in [-0.2, 0) is 15.1 Å². The molecule has 4 saturated carbocycles. The molecule has 4 aliphatic rings. The minimum Gasteiger partial charge on any atom is -0.465 e. The zero-order valence-electron chi connectivity index (χ0n) is 16.7. The molecule has 4 fully saturated rings. The third-order valence-electron chi connectivity index (χ3n) is 7.01. The van der Waals surface area contributed by atoms with Gasteiger partial charge in [0.05, 0.1) is 23.6 Å². The van der Waals surface area contributed by atoms with Gasteiger partial charge in [-0.15, -0.1) is 10.2 Å². The van der Waals surface area contributed by atoms with Crippen LogP contribution >= 0.6 is 0 Å². The van der Waals surface area contributed by atoms with Gasteiger partial charge in [-0.2, -0.15) is 4.80 Å². The van der Waals surface area contributed by atoms with Crippen molar-refractivity contribution in [3.63, 3.8) is 0 Å². The monoisotopic (exact) mass is 395 g/mol. The Morgan fingerprint density at radius 1 is 1.14 bits per heavy atom. The lowest BCUT2D eigenvalue weighted by Crippen LogP contribution is -2.60. The summed E-state index contributed by atoms with van der Waals surface area (Å²) < 4.78 is 4.73. The van der Waals surface area contributed by atoms with E-state index in [1.54, 1.807) is 29.1 Å². The maximum Gasteiger partial charge on any atom is 0.337 e. The average molecular weight is 395 g/mol. The lowest BCUT2D eigenvalue weighted by Gasteiger charge is -2.60. The Labute approximate surface area is 169 Å². The maximum atomic E-state index is 13.5. The molecule has 29 heavy (non-hydrogen) atoms. The van der Waals surface area contributed by atoms with Crippen LogP contribution in [0, 0.1) is 24.2 Å². The first-order valence-corrected chi connectivity index (χ1v) is 10.2. The van der Waals surface area contributed by atoms with Crippen LogP contribution in [0.15, 0.2) is 24.3 Å². The van der Waals surface area contributed by atoms with E-state index in [2.05, 4.69) is 20.7 Å². The number of rotatable bonds is 4. The Balaban J connectivity index is 1.40. The first-order valence-electron chi connectivity index (χ1n) is 10.2. The lowest BCUT2D eigenvalue weighted by molar-refractivity contribution is -0.152. The predicted octanol–water partition coefficient (Wildman–Crippen LogP) is 2.70. The average Bonchev–Trinajstić information content (AvgIpc) is 3.14. The normalized spacial score (nSPS) is 32.2. The van der Waals surface area contributed by atoms with Crippen LogP contribution < -0.4 is 5.32 Å². The number of hydrogen-bond acceptors (Lipinski definition) is 6. The second-order valence-electron chi connectivity index (χ2n) is 9.11. The van der Waals surface area contributed by atoms with E-state index in [4.69, 9.17) is 4.74 Å². The summed E-state index contributed by atoms with van der Waals surface area (Å²) in [4.78, 5) is 26.9. The van der Waals surface area contributed by atoms with Gasteiger partial charge in [-0.3, -0.25) is 4.79 Å². The maximum absolute atomic E-state index is 13.5. The van der Waals surface area contributed by atoms with Gasteiger partial charge in [0.2, 0.25) is 5.91 Å². The first kappa shape index (κ1) is 18.3. The van der Waals surface area contributed by atoms with Crippen LogP contribution in [0.25, 0.3) is 0 Å². The summed E-state index contributed by atoms with van der Waals surface area (Å²) in [5.41, 5.74) is 0.568. The SMILES string of the molecule is COC(=O)c1ccc(NC(=O)C23C[C@@H]4C[C@@H](C2)CC(n2nnc(C)n2)(C4)C3)cc1. The number of nitrogens with one attached hydrogen (secondary N) is 1. The number of methoxy groups -OCH3 is 1. The number of carbonyl (C=O) groups excluding carboxylic acids is 2. The molecule has 0 unspecified atom stereocenters. The highest BCUT2D eigenvalue weighted by atomic mass is 16.5. The van der Waals surface area contributed by atoms with Gasteiger partial charge in [0.1, 0.15) is 0 Å². The minimum absolute atomic E-state index is 0.0682. The number of ether oxygens (including phenoxy) is 1. The zero-order chi connectivity index (χ0) is 20.2. The topological polar surface area (TPSA) is 99.0 Å².